The van der Waals surface area contributed by atoms with Gasteiger partial charge >= 0.3 is 15.6 Å². The molecule has 0 unspecified atom stereocenters. The van der Waals surface area contributed by atoms with Crippen molar-refractivity contribution in [2.75, 3.05) is 0 Å². The lowest BCUT2D eigenvalue weighted by Crippen LogP contribution is -2.10. The van der Waals surface area contributed by atoms with Crippen LogP contribution >= 0.6 is 15.6 Å². The van der Waals surface area contributed by atoms with Crippen LogP contribution in [-0.2, 0) is 9.13 Å². The van der Waals surface area contributed by atoms with Crippen molar-refractivity contribution in [1.29, 1.82) is 0 Å². The Balaban J connectivity index is 1.48. The number of hydrogen-bond donors (Lipinski definition) is 0. The lowest BCUT2D eigenvalue weighted by atomic mass is 10.2. The Morgan fingerprint density at radius 3 is 0.795 bits per heavy atom. The molecule has 8 nitrogen and oxygen atoms in total. The van der Waals surface area contributed by atoms with Crippen molar-refractivity contribution in [1.82, 2.24) is 0 Å². The molecule has 0 saturated heterocycles. The predicted octanol–water partition coefficient (Wildman–Crippen LogP) is 10.2. The van der Waals surface area contributed by atoms with E-state index < -0.39 is 15.6 Å². The monoisotopic (exact) mass is 630 g/mol. The smallest absolute Gasteiger partial charge is 0.386 e. The molecule has 0 N–H and O–H groups in total. The molecule has 0 fully saturated rings. The molecule has 5 aromatic carbocycles. The average molecular weight is 631 g/mol. The first-order chi connectivity index (χ1) is 21.1. The topological polar surface area (TPSA) is 89.5 Å². The fraction of sp³-hybridized carbons (Fsp3) is 0.118. The van der Waals surface area contributed by atoms with Gasteiger partial charge in [0.2, 0.25) is 0 Å². The highest BCUT2D eigenvalue weighted by Crippen LogP contribution is 2.55. The predicted molar refractivity (Wildman–Crippen MR) is 170 cm³/mol. The third-order valence-corrected chi connectivity index (χ3v) is 8.80. The Hall–Kier alpha value is -4.64. The molecule has 0 aliphatic rings. The highest BCUT2D eigenvalue weighted by atomic mass is 31.2. The van der Waals surface area contributed by atoms with Crippen LogP contribution in [0.3, 0.4) is 0 Å². The highest BCUT2D eigenvalue weighted by molar-refractivity contribution is 7.50. The molecule has 0 saturated carbocycles. The molecule has 0 aliphatic heterocycles. The van der Waals surface area contributed by atoms with Gasteiger partial charge in [-0.15, -0.1) is 0 Å². The maximum absolute atomic E-state index is 14.2. The summed E-state index contributed by atoms with van der Waals surface area (Å²) in [6.07, 6.45) is 0. The molecular weight excluding hydrogens is 598 g/mol. The van der Waals surface area contributed by atoms with E-state index in [1.165, 1.54) is 12.1 Å². The zero-order valence-electron chi connectivity index (χ0n) is 24.7. The normalized spacial score (nSPS) is 11.4. The minimum absolute atomic E-state index is 0.0738. The standard InChI is InChI=1S/C34H32O8P2/c1-25-9-17-29(18-10-25)37-43(35,38-30-19-11-26(2)12-20-30)41-33-7-5-6-8-34(33)42-44(36,39-31-21-13-27(3)14-22-31)40-32-23-15-28(4)16-24-32/h5-24H,1-4H3. The van der Waals surface area contributed by atoms with Crippen molar-refractivity contribution >= 4 is 15.6 Å². The summed E-state index contributed by atoms with van der Waals surface area (Å²) in [4.78, 5) is 0. The maximum atomic E-state index is 14.2. The molecule has 0 aliphatic carbocycles. The molecule has 0 heterocycles. The van der Waals surface area contributed by atoms with Gasteiger partial charge in [0.15, 0.2) is 11.5 Å². The van der Waals surface area contributed by atoms with Gasteiger partial charge < -0.3 is 27.1 Å². The third kappa shape index (κ3) is 8.47. The van der Waals surface area contributed by atoms with E-state index in [4.69, 9.17) is 27.1 Å². The van der Waals surface area contributed by atoms with E-state index in [-0.39, 0.29) is 34.5 Å². The number of aryl methyl sites for hydroxylation is 4. The van der Waals surface area contributed by atoms with E-state index in [1.54, 1.807) is 60.7 Å². The molecule has 10 heteroatoms. The SMILES string of the molecule is Cc1ccc(OP(=O)(Oc2ccc(C)cc2)Oc2ccccc2OP(=O)(Oc2ccc(C)cc2)Oc2ccc(C)cc2)cc1. The number of hydrogen-bond acceptors (Lipinski definition) is 8. The molecule has 44 heavy (non-hydrogen) atoms. The third-order valence-electron chi connectivity index (χ3n) is 6.22. The number of para-hydroxylation sites is 2. The van der Waals surface area contributed by atoms with Crippen molar-refractivity contribution in [2.45, 2.75) is 27.7 Å². The summed E-state index contributed by atoms with van der Waals surface area (Å²) in [5.74, 6) is 0.910. The van der Waals surface area contributed by atoms with E-state index in [0.29, 0.717) is 0 Å². The fourth-order valence-electron chi connectivity index (χ4n) is 3.87. The zero-order chi connectivity index (χ0) is 31.2. The zero-order valence-corrected chi connectivity index (χ0v) is 26.5. The number of benzene rings is 5. The Morgan fingerprint density at radius 1 is 0.341 bits per heavy atom. The van der Waals surface area contributed by atoms with E-state index >= 15 is 0 Å². The van der Waals surface area contributed by atoms with Crippen LogP contribution in [0.1, 0.15) is 22.3 Å². The summed E-state index contributed by atoms with van der Waals surface area (Å²) >= 11 is 0. The van der Waals surface area contributed by atoms with Gasteiger partial charge in [-0.05, 0) is 88.4 Å². The Labute approximate surface area is 257 Å². The molecular formula is C34H32O8P2. The van der Waals surface area contributed by atoms with Gasteiger partial charge in [0, 0.05) is 0 Å². The maximum Gasteiger partial charge on any atom is 0.647 e. The first-order valence-electron chi connectivity index (χ1n) is 13.8. The van der Waals surface area contributed by atoms with Gasteiger partial charge in [-0.25, -0.2) is 0 Å². The van der Waals surface area contributed by atoms with Crippen molar-refractivity contribution in [3.63, 3.8) is 0 Å². The Bertz CT molecular complexity index is 1550. The van der Waals surface area contributed by atoms with Crippen molar-refractivity contribution in [3.8, 4) is 34.5 Å². The Morgan fingerprint density at radius 2 is 0.568 bits per heavy atom. The van der Waals surface area contributed by atoms with Crippen molar-refractivity contribution < 1.29 is 36.3 Å². The van der Waals surface area contributed by atoms with E-state index in [0.717, 1.165) is 22.3 Å². The van der Waals surface area contributed by atoms with E-state index in [2.05, 4.69) is 0 Å². The first-order valence-corrected chi connectivity index (χ1v) is 16.7. The molecule has 0 spiro atoms. The lowest BCUT2D eigenvalue weighted by molar-refractivity contribution is 0.279. The second kappa shape index (κ2) is 13.3. The molecule has 226 valence electrons. The molecule has 0 radical (unpaired) electrons. The van der Waals surface area contributed by atoms with Gasteiger partial charge in [-0.1, -0.05) is 82.9 Å². The molecule has 5 rings (SSSR count). The lowest BCUT2D eigenvalue weighted by Gasteiger charge is -2.23. The summed E-state index contributed by atoms with van der Waals surface area (Å²) in [5.41, 5.74) is 3.96. The fourth-order valence-corrected chi connectivity index (χ4v) is 6.39. The number of phosphoric acid groups is 2. The molecule has 0 aromatic heterocycles. The van der Waals surface area contributed by atoms with Crippen LogP contribution in [0.25, 0.3) is 0 Å². The van der Waals surface area contributed by atoms with Crippen LogP contribution in [0.4, 0.5) is 0 Å². The summed E-state index contributed by atoms with van der Waals surface area (Å²) in [6, 6.07) is 34.0. The van der Waals surface area contributed by atoms with Crippen LogP contribution in [0.15, 0.2) is 121 Å². The summed E-state index contributed by atoms with van der Waals surface area (Å²) in [6.45, 7) is 7.69. The summed E-state index contributed by atoms with van der Waals surface area (Å²) in [7, 11) is -8.81. The second-order valence-electron chi connectivity index (χ2n) is 10.1. The molecule has 0 amide bonds. The highest BCUT2D eigenvalue weighted by Gasteiger charge is 2.38. The summed E-state index contributed by atoms with van der Waals surface area (Å²) in [5, 5.41) is 0. The molecule has 0 atom stereocenters. The van der Waals surface area contributed by atoms with Crippen molar-refractivity contribution in [3.05, 3.63) is 144 Å². The first kappa shape index (κ1) is 30.8. The van der Waals surface area contributed by atoms with Crippen LogP contribution in [-0.4, -0.2) is 0 Å². The minimum Gasteiger partial charge on any atom is -0.386 e. The van der Waals surface area contributed by atoms with Crippen molar-refractivity contribution in [2.24, 2.45) is 0 Å². The van der Waals surface area contributed by atoms with E-state index in [9.17, 15) is 9.13 Å². The van der Waals surface area contributed by atoms with Crippen LogP contribution in [0.5, 0.6) is 34.5 Å². The second-order valence-corrected chi connectivity index (χ2v) is 13.0. The summed E-state index contributed by atoms with van der Waals surface area (Å²) < 4.78 is 63.5. The largest absolute Gasteiger partial charge is 0.647 e. The molecule has 5 aromatic rings. The van der Waals surface area contributed by atoms with Gasteiger partial charge in [0.1, 0.15) is 23.0 Å². The van der Waals surface area contributed by atoms with Crippen LogP contribution < -0.4 is 27.1 Å². The minimum atomic E-state index is -4.40. The number of phosphoric ester groups is 2. The Kier molecular flexibility index (Phi) is 9.34. The molecule has 0 bridgehead atoms. The van der Waals surface area contributed by atoms with Crippen LogP contribution in [0.2, 0.25) is 0 Å². The van der Waals surface area contributed by atoms with Gasteiger partial charge in [-0.3, -0.25) is 0 Å². The van der Waals surface area contributed by atoms with Gasteiger partial charge in [-0.2, -0.15) is 9.13 Å². The van der Waals surface area contributed by atoms with Crippen LogP contribution in [0, 0.1) is 27.7 Å². The average Bonchev–Trinajstić information content (AvgIpc) is 2.99. The van der Waals surface area contributed by atoms with Gasteiger partial charge in [0.05, 0.1) is 0 Å². The van der Waals surface area contributed by atoms with Gasteiger partial charge in [0.25, 0.3) is 0 Å². The number of rotatable bonds is 12. The quantitative estimate of drug-likeness (QED) is 0.126. The van der Waals surface area contributed by atoms with E-state index in [1.807, 2.05) is 76.2 Å².